The molecule has 5 heteroatoms. The minimum absolute atomic E-state index is 0.122. The fourth-order valence-corrected chi connectivity index (χ4v) is 3.06. The van der Waals surface area contributed by atoms with Crippen molar-refractivity contribution in [1.29, 1.82) is 0 Å². The van der Waals surface area contributed by atoms with Gasteiger partial charge in [-0.25, -0.2) is 0 Å². The van der Waals surface area contributed by atoms with Gasteiger partial charge in [-0.15, -0.1) is 0 Å². The first-order valence-electron chi connectivity index (χ1n) is 7.90. The second kappa shape index (κ2) is 6.58. The Bertz CT molecular complexity index is 543. The van der Waals surface area contributed by atoms with Crippen molar-refractivity contribution in [2.75, 3.05) is 0 Å². The molecule has 0 aromatic carbocycles. The Hall–Kier alpha value is -1.72. The number of nitrogens with one attached hydrogen (secondary N) is 1. The van der Waals surface area contributed by atoms with Gasteiger partial charge in [0.25, 0.3) is 0 Å². The number of allylic oxidation sites excluding steroid dienone is 3. The van der Waals surface area contributed by atoms with Gasteiger partial charge in [0.15, 0.2) is 6.10 Å². The highest BCUT2D eigenvalue weighted by molar-refractivity contribution is 6.06. The average molecular weight is 303 g/mol. The standard InChI is InChI=1S/C17H21NO4/c19-13-10-12(15(21)17-16(13)22-17)18-14(20)9-5-4-8-11-6-2-1-3-7-11/h4-5,8-11,13,16-17,19H,1-3,6-7H2,(H,18,20)/b8-4+,9-5+/t13-,16-,17+/m0/s1. The number of ketones is 1. The topological polar surface area (TPSA) is 78.9 Å². The van der Waals surface area contributed by atoms with E-state index in [9.17, 15) is 14.7 Å². The lowest BCUT2D eigenvalue weighted by atomic mass is 9.89. The van der Waals surface area contributed by atoms with Gasteiger partial charge < -0.3 is 15.2 Å². The molecule has 2 N–H and O–H groups in total. The van der Waals surface area contributed by atoms with Gasteiger partial charge in [0.1, 0.15) is 12.2 Å². The van der Waals surface area contributed by atoms with E-state index in [2.05, 4.69) is 11.4 Å². The summed E-state index contributed by atoms with van der Waals surface area (Å²) in [5, 5.41) is 12.2. The van der Waals surface area contributed by atoms with Crippen LogP contribution in [0.2, 0.25) is 0 Å². The Kier molecular flexibility index (Phi) is 4.55. The largest absolute Gasteiger partial charge is 0.386 e. The molecular formula is C17H21NO4. The zero-order valence-electron chi connectivity index (χ0n) is 12.4. The number of aliphatic hydroxyl groups is 1. The quantitative estimate of drug-likeness (QED) is 0.467. The Morgan fingerprint density at radius 2 is 2.05 bits per heavy atom. The third-order valence-electron chi connectivity index (χ3n) is 4.37. The first-order valence-corrected chi connectivity index (χ1v) is 7.90. The van der Waals surface area contributed by atoms with Crippen LogP contribution in [0.1, 0.15) is 32.1 Å². The Balaban J connectivity index is 1.48. The van der Waals surface area contributed by atoms with E-state index in [1.807, 2.05) is 6.08 Å². The number of Topliss-reactive ketones (excluding diaryl/α,β-unsaturated/α-hetero) is 1. The summed E-state index contributed by atoms with van der Waals surface area (Å²) in [6, 6.07) is 0. The Labute approximate surface area is 129 Å². The van der Waals surface area contributed by atoms with E-state index in [0.717, 1.165) is 0 Å². The lowest BCUT2D eigenvalue weighted by molar-refractivity contribution is -0.121. The van der Waals surface area contributed by atoms with Crippen LogP contribution in [0, 0.1) is 5.92 Å². The molecule has 5 nitrogen and oxygen atoms in total. The number of carbonyl (C=O) groups is 2. The van der Waals surface area contributed by atoms with Crippen LogP contribution in [0.5, 0.6) is 0 Å². The summed E-state index contributed by atoms with van der Waals surface area (Å²) in [6.45, 7) is 0. The smallest absolute Gasteiger partial charge is 0.248 e. The molecule has 3 atom stereocenters. The van der Waals surface area contributed by atoms with Crippen molar-refractivity contribution in [3.8, 4) is 0 Å². The van der Waals surface area contributed by atoms with Crippen molar-refractivity contribution in [1.82, 2.24) is 5.32 Å². The van der Waals surface area contributed by atoms with E-state index in [-0.39, 0.29) is 17.4 Å². The molecule has 0 aromatic heterocycles. The molecule has 1 saturated carbocycles. The van der Waals surface area contributed by atoms with Gasteiger partial charge in [-0.2, -0.15) is 0 Å². The number of aliphatic hydroxyl groups excluding tert-OH is 1. The summed E-state index contributed by atoms with van der Waals surface area (Å²) >= 11 is 0. The van der Waals surface area contributed by atoms with Crippen LogP contribution in [0.15, 0.2) is 36.1 Å². The third kappa shape index (κ3) is 3.54. The molecular weight excluding hydrogens is 282 g/mol. The van der Waals surface area contributed by atoms with Gasteiger partial charge in [0, 0.05) is 6.08 Å². The van der Waals surface area contributed by atoms with Crippen molar-refractivity contribution >= 4 is 11.7 Å². The summed E-state index contributed by atoms with van der Waals surface area (Å²) in [5.74, 6) is -0.0304. The summed E-state index contributed by atoms with van der Waals surface area (Å²) in [4.78, 5) is 23.6. The highest BCUT2D eigenvalue weighted by Crippen LogP contribution is 2.33. The molecule has 22 heavy (non-hydrogen) atoms. The van der Waals surface area contributed by atoms with Crippen LogP contribution >= 0.6 is 0 Å². The highest BCUT2D eigenvalue weighted by atomic mass is 16.6. The van der Waals surface area contributed by atoms with Crippen LogP contribution in [-0.2, 0) is 14.3 Å². The van der Waals surface area contributed by atoms with Gasteiger partial charge in [0.05, 0.1) is 5.70 Å². The van der Waals surface area contributed by atoms with Gasteiger partial charge in [-0.05, 0) is 24.8 Å². The molecule has 0 spiro atoms. The number of hydrogen-bond donors (Lipinski definition) is 2. The van der Waals surface area contributed by atoms with E-state index < -0.39 is 18.3 Å². The minimum atomic E-state index is -0.826. The van der Waals surface area contributed by atoms with Gasteiger partial charge in [-0.1, -0.05) is 37.5 Å². The van der Waals surface area contributed by atoms with Gasteiger partial charge >= 0.3 is 0 Å². The lowest BCUT2D eigenvalue weighted by Gasteiger charge is -2.17. The van der Waals surface area contributed by atoms with Crippen LogP contribution in [0.4, 0.5) is 0 Å². The number of ether oxygens (including phenoxy) is 1. The number of rotatable bonds is 4. The minimum Gasteiger partial charge on any atom is -0.386 e. The Morgan fingerprint density at radius 1 is 1.27 bits per heavy atom. The second-order valence-corrected chi connectivity index (χ2v) is 6.09. The lowest BCUT2D eigenvalue weighted by Crippen LogP contribution is -2.35. The number of epoxide rings is 1. The van der Waals surface area contributed by atoms with Crippen molar-refractivity contribution in [2.24, 2.45) is 5.92 Å². The maximum atomic E-state index is 11.8. The second-order valence-electron chi connectivity index (χ2n) is 6.09. The molecule has 3 rings (SSSR count). The first-order chi connectivity index (χ1) is 10.6. The highest BCUT2D eigenvalue weighted by Gasteiger charge is 2.53. The average Bonchev–Trinajstić information content (AvgIpc) is 3.31. The molecule has 1 saturated heterocycles. The molecule has 3 aliphatic rings. The SMILES string of the molecule is O=C(/C=C/C=C/C1CCCCC1)NC1=C[C@H](O)[C@@H]2O[C@@H]2C1=O. The number of hydrogen-bond acceptors (Lipinski definition) is 4. The zero-order chi connectivity index (χ0) is 15.5. The van der Waals surface area contributed by atoms with Crippen molar-refractivity contribution in [3.05, 3.63) is 36.1 Å². The van der Waals surface area contributed by atoms with E-state index in [4.69, 9.17) is 4.74 Å². The summed E-state index contributed by atoms with van der Waals surface area (Å²) in [6.07, 6.45) is 12.9. The number of fused-ring (bicyclic) bond motifs is 1. The third-order valence-corrected chi connectivity index (χ3v) is 4.37. The van der Waals surface area contributed by atoms with Crippen LogP contribution in [-0.4, -0.2) is 35.1 Å². The zero-order valence-corrected chi connectivity index (χ0v) is 12.4. The normalized spacial score (nSPS) is 32.1. The molecule has 0 radical (unpaired) electrons. The summed E-state index contributed by atoms with van der Waals surface area (Å²) in [7, 11) is 0. The molecule has 2 fully saturated rings. The van der Waals surface area contributed by atoms with E-state index in [0.29, 0.717) is 5.92 Å². The van der Waals surface area contributed by atoms with E-state index in [1.165, 1.54) is 44.3 Å². The predicted molar refractivity (Wildman–Crippen MR) is 80.8 cm³/mol. The molecule has 0 aromatic rings. The molecule has 1 aliphatic heterocycles. The summed E-state index contributed by atoms with van der Waals surface area (Å²) < 4.78 is 5.05. The molecule has 2 aliphatic carbocycles. The Morgan fingerprint density at radius 3 is 2.82 bits per heavy atom. The molecule has 1 amide bonds. The summed E-state index contributed by atoms with van der Waals surface area (Å²) in [5.41, 5.74) is 0.122. The van der Waals surface area contributed by atoms with Crippen LogP contribution in [0.25, 0.3) is 0 Å². The molecule has 118 valence electrons. The van der Waals surface area contributed by atoms with Crippen molar-refractivity contribution in [2.45, 2.75) is 50.4 Å². The van der Waals surface area contributed by atoms with Gasteiger partial charge in [0.2, 0.25) is 11.7 Å². The fraction of sp³-hybridized carbons (Fsp3) is 0.529. The van der Waals surface area contributed by atoms with Gasteiger partial charge in [-0.3, -0.25) is 9.59 Å². The number of amides is 1. The van der Waals surface area contributed by atoms with Crippen molar-refractivity contribution < 1.29 is 19.4 Å². The van der Waals surface area contributed by atoms with E-state index in [1.54, 1.807) is 6.08 Å². The van der Waals surface area contributed by atoms with Crippen LogP contribution < -0.4 is 5.32 Å². The fourth-order valence-electron chi connectivity index (χ4n) is 3.06. The maximum absolute atomic E-state index is 11.8. The molecule has 1 heterocycles. The predicted octanol–water partition coefficient (Wildman–Crippen LogP) is 1.39. The monoisotopic (exact) mass is 303 g/mol. The van der Waals surface area contributed by atoms with Crippen LogP contribution in [0.3, 0.4) is 0 Å². The molecule has 0 bridgehead atoms. The van der Waals surface area contributed by atoms with E-state index >= 15 is 0 Å². The molecule has 0 unspecified atom stereocenters. The van der Waals surface area contributed by atoms with Crippen molar-refractivity contribution in [3.63, 3.8) is 0 Å². The maximum Gasteiger partial charge on any atom is 0.248 e. The number of carbonyl (C=O) groups excluding carboxylic acids is 2. The first kappa shape index (κ1) is 15.2.